The van der Waals surface area contributed by atoms with Crippen molar-refractivity contribution in [2.45, 2.75) is 16.0 Å². The summed E-state index contributed by atoms with van der Waals surface area (Å²) in [6.07, 6.45) is 0. The van der Waals surface area contributed by atoms with Crippen LogP contribution in [0.2, 0.25) is 0 Å². The van der Waals surface area contributed by atoms with E-state index in [-0.39, 0.29) is 0 Å². The lowest BCUT2D eigenvalue weighted by Crippen LogP contribution is -2.13. The molecule has 39 heavy (non-hydrogen) atoms. The summed E-state index contributed by atoms with van der Waals surface area (Å²) >= 11 is 1.40. The number of rotatable bonds is 6. The SMILES string of the molecule is N#Cc1c(NC(C#Cc2ccccc2)c2ccccc2)nc(Sc2ccccc2)c(C#N)c1-c1ccccc1. The van der Waals surface area contributed by atoms with Gasteiger partial charge in [0.15, 0.2) is 0 Å². The highest BCUT2D eigenvalue weighted by Gasteiger charge is 2.23. The number of nitriles is 2. The molecule has 0 aliphatic rings. The number of hydrogen-bond donors (Lipinski definition) is 1. The van der Waals surface area contributed by atoms with Gasteiger partial charge >= 0.3 is 0 Å². The molecule has 1 unspecified atom stereocenters. The third-order valence-corrected chi connectivity index (χ3v) is 6.95. The van der Waals surface area contributed by atoms with Crippen LogP contribution < -0.4 is 5.32 Å². The molecule has 0 aliphatic heterocycles. The maximum absolute atomic E-state index is 10.4. The van der Waals surface area contributed by atoms with Crippen molar-refractivity contribution < 1.29 is 0 Å². The van der Waals surface area contributed by atoms with Crippen LogP contribution in [-0.4, -0.2) is 4.98 Å². The number of anilines is 1. The van der Waals surface area contributed by atoms with Crippen molar-refractivity contribution in [3.05, 3.63) is 144 Å². The lowest BCUT2D eigenvalue weighted by Gasteiger charge is -2.19. The van der Waals surface area contributed by atoms with Gasteiger partial charge in [0.25, 0.3) is 0 Å². The maximum Gasteiger partial charge on any atom is 0.147 e. The third kappa shape index (κ3) is 6.00. The van der Waals surface area contributed by atoms with Gasteiger partial charge in [0, 0.05) is 16.0 Å². The molecule has 5 rings (SSSR count). The summed E-state index contributed by atoms with van der Waals surface area (Å²) in [5, 5.41) is 24.6. The fourth-order valence-corrected chi connectivity index (χ4v) is 5.01. The summed E-state index contributed by atoms with van der Waals surface area (Å²) < 4.78 is 0. The molecule has 0 amide bonds. The zero-order valence-corrected chi connectivity index (χ0v) is 21.7. The predicted octanol–water partition coefficient (Wildman–Crippen LogP) is 7.85. The van der Waals surface area contributed by atoms with Crippen molar-refractivity contribution >= 4 is 17.6 Å². The Bertz CT molecular complexity index is 1710. The second-order valence-electron chi connectivity index (χ2n) is 8.52. The van der Waals surface area contributed by atoms with Crippen molar-refractivity contribution in [2.75, 3.05) is 5.32 Å². The molecule has 4 nitrogen and oxygen atoms in total. The Morgan fingerprint density at radius 1 is 0.667 bits per heavy atom. The number of hydrogen-bond acceptors (Lipinski definition) is 5. The molecule has 0 saturated carbocycles. The van der Waals surface area contributed by atoms with E-state index in [1.807, 2.05) is 121 Å². The van der Waals surface area contributed by atoms with Crippen molar-refractivity contribution in [3.63, 3.8) is 0 Å². The first kappa shape index (κ1) is 25.4. The monoisotopic (exact) mass is 518 g/mol. The second-order valence-corrected chi connectivity index (χ2v) is 9.58. The lowest BCUT2D eigenvalue weighted by atomic mass is 9.96. The third-order valence-electron chi connectivity index (χ3n) is 5.96. The number of nitrogens with zero attached hydrogens (tertiary/aromatic N) is 3. The number of pyridine rings is 1. The first-order valence-corrected chi connectivity index (χ1v) is 13.1. The molecule has 4 aromatic carbocycles. The van der Waals surface area contributed by atoms with Gasteiger partial charge in [0.05, 0.1) is 5.56 Å². The molecule has 1 atom stereocenters. The average Bonchev–Trinajstić information content (AvgIpc) is 3.00. The molecule has 0 spiro atoms. The van der Waals surface area contributed by atoms with Crippen molar-refractivity contribution in [1.29, 1.82) is 10.5 Å². The Balaban J connectivity index is 1.68. The Hall–Kier alpha value is -5.28. The second kappa shape index (κ2) is 12.3. The van der Waals surface area contributed by atoms with Crippen LogP contribution in [0.5, 0.6) is 0 Å². The van der Waals surface area contributed by atoms with Crippen LogP contribution in [0.3, 0.4) is 0 Å². The summed E-state index contributed by atoms with van der Waals surface area (Å²) in [6.45, 7) is 0. The smallest absolute Gasteiger partial charge is 0.147 e. The van der Waals surface area contributed by atoms with Gasteiger partial charge < -0.3 is 5.32 Å². The predicted molar refractivity (Wildman–Crippen MR) is 156 cm³/mol. The highest BCUT2D eigenvalue weighted by Crippen LogP contribution is 2.39. The van der Waals surface area contributed by atoms with Gasteiger partial charge in [-0.25, -0.2) is 4.98 Å². The zero-order chi connectivity index (χ0) is 26.9. The molecule has 0 aliphatic carbocycles. The molecule has 1 heterocycles. The minimum atomic E-state index is -0.447. The summed E-state index contributed by atoms with van der Waals surface area (Å²) in [5.74, 6) is 6.95. The summed E-state index contributed by atoms with van der Waals surface area (Å²) in [4.78, 5) is 5.80. The standard InChI is InChI=1S/C34H22N4S/c35-23-29-32(27-17-9-3-10-18-27)30(24-36)34(39-28-19-11-4-12-20-28)38-33(29)37-31(26-15-7-2-8-16-26)22-21-25-13-5-1-6-14-25/h1-20,31H,(H,37,38). The van der Waals surface area contributed by atoms with Crippen LogP contribution in [0.4, 0.5) is 5.82 Å². The molecule has 0 saturated heterocycles. The van der Waals surface area contributed by atoms with Gasteiger partial charge in [-0.1, -0.05) is 121 Å². The van der Waals surface area contributed by atoms with E-state index in [1.165, 1.54) is 11.8 Å². The molecule has 0 fully saturated rings. The van der Waals surface area contributed by atoms with Crippen molar-refractivity contribution in [2.24, 2.45) is 0 Å². The van der Waals surface area contributed by atoms with E-state index >= 15 is 0 Å². The fraction of sp³-hybridized carbons (Fsp3) is 0.0294. The fourth-order valence-electron chi connectivity index (χ4n) is 4.11. The Morgan fingerprint density at radius 2 is 1.23 bits per heavy atom. The van der Waals surface area contributed by atoms with E-state index in [9.17, 15) is 10.5 Å². The van der Waals surface area contributed by atoms with Crippen LogP contribution in [0.15, 0.2) is 131 Å². The maximum atomic E-state index is 10.4. The van der Waals surface area contributed by atoms with Gasteiger partial charge in [0.1, 0.15) is 34.6 Å². The minimum absolute atomic E-state index is 0.303. The summed E-state index contributed by atoms with van der Waals surface area (Å²) in [7, 11) is 0. The lowest BCUT2D eigenvalue weighted by molar-refractivity contribution is 0.975. The highest BCUT2D eigenvalue weighted by molar-refractivity contribution is 7.99. The van der Waals surface area contributed by atoms with Gasteiger partial charge in [-0.05, 0) is 35.4 Å². The molecule has 0 bridgehead atoms. The van der Waals surface area contributed by atoms with E-state index in [1.54, 1.807) is 0 Å². The van der Waals surface area contributed by atoms with Crippen LogP contribution >= 0.6 is 11.8 Å². The van der Waals surface area contributed by atoms with E-state index in [2.05, 4.69) is 29.3 Å². The van der Waals surface area contributed by atoms with Crippen molar-refractivity contribution in [1.82, 2.24) is 4.98 Å². The molecule has 0 radical (unpaired) electrons. The van der Waals surface area contributed by atoms with E-state index in [0.29, 0.717) is 27.5 Å². The van der Waals surface area contributed by atoms with Crippen LogP contribution in [0.25, 0.3) is 11.1 Å². The zero-order valence-electron chi connectivity index (χ0n) is 20.9. The molecular formula is C34H22N4S. The summed E-state index contributed by atoms with van der Waals surface area (Å²) in [5.41, 5.74) is 3.83. The summed E-state index contributed by atoms with van der Waals surface area (Å²) in [6, 6.07) is 43.1. The van der Waals surface area contributed by atoms with Gasteiger partial charge in [-0.15, -0.1) is 0 Å². The average molecular weight is 519 g/mol. The largest absolute Gasteiger partial charge is 0.351 e. The van der Waals surface area contributed by atoms with Gasteiger partial charge in [0.2, 0.25) is 0 Å². The van der Waals surface area contributed by atoms with Crippen LogP contribution in [0.1, 0.15) is 28.3 Å². The molecular weight excluding hydrogens is 496 g/mol. The van der Waals surface area contributed by atoms with E-state index in [4.69, 9.17) is 4.98 Å². The number of aromatic nitrogens is 1. The molecule has 1 N–H and O–H groups in total. The topological polar surface area (TPSA) is 72.5 Å². The van der Waals surface area contributed by atoms with Crippen LogP contribution in [-0.2, 0) is 0 Å². The molecule has 5 heteroatoms. The van der Waals surface area contributed by atoms with Gasteiger partial charge in [-0.2, -0.15) is 10.5 Å². The van der Waals surface area contributed by atoms with E-state index in [0.717, 1.165) is 21.6 Å². The van der Waals surface area contributed by atoms with Crippen molar-refractivity contribution in [3.8, 4) is 35.1 Å². The minimum Gasteiger partial charge on any atom is -0.351 e. The Kier molecular flexibility index (Phi) is 8.01. The van der Waals surface area contributed by atoms with E-state index < -0.39 is 6.04 Å². The first-order valence-electron chi connectivity index (χ1n) is 12.3. The van der Waals surface area contributed by atoms with Crippen LogP contribution in [0, 0.1) is 34.5 Å². The molecule has 184 valence electrons. The molecule has 5 aromatic rings. The Morgan fingerprint density at radius 3 is 1.85 bits per heavy atom. The highest BCUT2D eigenvalue weighted by atomic mass is 32.2. The number of benzene rings is 4. The first-order chi connectivity index (χ1) is 19.3. The molecule has 1 aromatic heterocycles. The quantitative estimate of drug-likeness (QED) is 0.232. The Labute approximate surface area is 232 Å². The van der Waals surface area contributed by atoms with Gasteiger partial charge in [-0.3, -0.25) is 0 Å². The normalized spacial score (nSPS) is 10.8. The number of nitrogens with one attached hydrogen (secondary N) is 1.